The van der Waals surface area contributed by atoms with E-state index in [2.05, 4.69) is 26.5 Å². The number of hydrogen-bond acceptors (Lipinski definition) is 12. The first-order valence-corrected chi connectivity index (χ1v) is 21.7. The van der Waals surface area contributed by atoms with Crippen molar-refractivity contribution in [2.75, 3.05) is 6.61 Å². The third-order valence-electron chi connectivity index (χ3n) is 14.1. The predicted octanol–water partition coefficient (Wildman–Crippen LogP) is 5.21. The van der Waals surface area contributed by atoms with E-state index < -0.39 is 71.7 Å². The van der Waals surface area contributed by atoms with Gasteiger partial charge in [0.2, 0.25) is 5.79 Å². The minimum Gasteiger partial charge on any atom is -0.479 e. The average Bonchev–Trinajstić information content (AvgIpc) is 3.56. The highest BCUT2D eigenvalue weighted by molar-refractivity contribution is 5.76. The largest absolute Gasteiger partial charge is 0.479 e. The molecule has 7 aliphatic heterocycles. The molecule has 6 fully saturated rings. The zero-order valence-corrected chi connectivity index (χ0v) is 34.6. The van der Waals surface area contributed by atoms with Gasteiger partial charge in [0.25, 0.3) is 0 Å². The second-order valence-electron chi connectivity index (χ2n) is 18.8. The molecule has 322 valence electrons. The smallest absolute Gasteiger partial charge is 0.335 e. The van der Waals surface area contributed by atoms with Crippen LogP contribution in [0.5, 0.6) is 0 Å². The lowest BCUT2D eigenvalue weighted by molar-refractivity contribution is -0.326. The highest BCUT2D eigenvalue weighted by Crippen LogP contribution is 2.47. The lowest BCUT2D eigenvalue weighted by atomic mass is 9.81. The van der Waals surface area contributed by atoms with E-state index in [-0.39, 0.29) is 36.6 Å². The van der Waals surface area contributed by atoms with E-state index in [1.165, 1.54) is 6.92 Å². The van der Waals surface area contributed by atoms with Crippen LogP contribution in [0, 0.1) is 17.8 Å². The minimum absolute atomic E-state index is 0.0262. The fourth-order valence-electron chi connectivity index (χ4n) is 10.5. The van der Waals surface area contributed by atoms with Crippen molar-refractivity contribution in [3.63, 3.8) is 0 Å². The van der Waals surface area contributed by atoms with Crippen molar-refractivity contribution in [2.45, 2.75) is 209 Å². The van der Waals surface area contributed by atoms with Gasteiger partial charge in [0.1, 0.15) is 24.4 Å². The van der Waals surface area contributed by atoms with Crippen LogP contribution in [0.4, 0.5) is 0 Å². The fourth-order valence-corrected chi connectivity index (χ4v) is 10.5. The minimum atomic E-state index is -1.96. The Hall–Kier alpha value is -1.75. The number of hydrogen-bond donors (Lipinski definition) is 5. The molecule has 6 saturated heterocycles. The summed E-state index contributed by atoms with van der Waals surface area (Å²) in [7, 11) is 0. The van der Waals surface area contributed by atoms with E-state index in [4.69, 9.17) is 33.2 Å². The lowest BCUT2D eigenvalue weighted by Crippen LogP contribution is -2.60. The zero-order valence-electron chi connectivity index (χ0n) is 34.6. The van der Waals surface area contributed by atoms with Crippen molar-refractivity contribution in [3.05, 3.63) is 36.0 Å². The van der Waals surface area contributed by atoms with Gasteiger partial charge in [-0.25, -0.2) is 4.79 Å². The van der Waals surface area contributed by atoms with E-state index in [0.717, 1.165) is 50.7 Å². The lowest BCUT2D eigenvalue weighted by Gasteiger charge is -2.50. The van der Waals surface area contributed by atoms with Crippen molar-refractivity contribution in [1.82, 2.24) is 0 Å². The SMILES string of the molecule is C=C1[C@@H](O)[C@H]2O[C@]3(CC[C@H](/C=C/[C@@H](C)[C@@H]4CC(C)=C[C@@]5(O[C@H](C[C@@](C)(O)C(=O)O)CC[C@H]5O)O4)O3)CC[C@H]2O[C@@H]1[C@@H](O)C[C@H](C)[C@@H]1CCC[C@@]2(OCCC[C@H]2C)O1. The van der Waals surface area contributed by atoms with Crippen molar-refractivity contribution < 1.29 is 63.5 Å². The Morgan fingerprint density at radius 3 is 2.53 bits per heavy atom. The highest BCUT2D eigenvalue weighted by atomic mass is 16.7. The molecule has 0 aromatic carbocycles. The molecule has 57 heavy (non-hydrogen) atoms. The first-order chi connectivity index (χ1) is 26.9. The summed E-state index contributed by atoms with van der Waals surface area (Å²) in [5.74, 6) is -3.83. The molecule has 0 radical (unpaired) electrons. The Morgan fingerprint density at radius 2 is 1.77 bits per heavy atom. The molecular formula is C44H68O13. The monoisotopic (exact) mass is 804 g/mol. The number of aliphatic carboxylic acids is 1. The van der Waals surface area contributed by atoms with Gasteiger partial charge in [-0.2, -0.15) is 0 Å². The van der Waals surface area contributed by atoms with E-state index in [1.54, 1.807) is 6.08 Å². The second-order valence-corrected chi connectivity index (χ2v) is 18.8. The molecule has 3 spiro atoms. The maximum absolute atomic E-state index is 11.6. The quantitative estimate of drug-likeness (QED) is 0.182. The number of aliphatic hydroxyl groups excluding tert-OH is 3. The van der Waals surface area contributed by atoms with Gasteiger partial charge in [0.05, 0.1) is 43.2 Å². The van der Waals surface area contributed by atoms with Gasteiger partial charge >= 0.3 is 5.97 Å². The van der Waals surface area contributed by atoms with E-state index in [9.17, 15) is 30.3 Å². The molecule has 13 nitrogen and oxygen atoms in total. The third kappa shape index (κ3) is 9.00. The Bertz CT molecular complexity index is 1510. The van der Waals surface area contributed by atoms with Crippen LogP contribution in [0.1, 0.15) is 125 Å². The molecule has 0 saturated carbocycles. The maximum Gasteiger partial charge on any atom is 0.335 e. The van der Waals surface area contributed by atoms with Crippen LogP contribution >= 0.6 is 0 Å². The molecule has 13 heteroatoms. The van der Waals surface area contributed by atoms with Crippen molar-refractivity contribution in [2.24, 2.45) is 17.8 Å². The molecular weight excluding hydrogens is 736 g/mol. The molecule has 7 aliphatic rings. The number of carboxylic acid groups (broad SMARTS) is 1. The Morgan fingerprint density at radius 1 is 1.00 bits per heavy atom. The van der Waals surface area contributed by atoms with Crippen molar-refractivity contribution in [3.8, 4) is 0 Å². The zero-order chi connectivity index (χ0) is 40.9. The van der Waals surface area contributed by atoms with E-state index in [1.807, 2.05) is 19.9 Å². The maximum atomic E-state index is 11.6. The summed E-state index contributed by atoms with van der Waals surface area (Å²) < 4.78 is 45.3. The number of carboxylic acids is 1. The summed E-state index contributed by atoms with van der Waals surface area (Å²) in [6.45, 7) is 14.5. The molecule has 5 N–H and O–H groups in total. The number of rotatable bonds is 10. The van der Waals surface area contributed by atoms with Crippen LogP contribution < -0.4 is 0 Å². The number of carbonyl (C=O) groups is 1. The normalized spacial score (nSPS) is 45.4. The summed E-state index contributed by atoms with van der Waals surface area (Å²) in [5.41, 5.74) is -0.550. The van der Waals surface area contributed by atoms with Gasteiger partial charge in [-0.3, -0.25) is 0 Å². The summed E-state index contributed by atoms with van der Waals surface area (Å²) >= 11 is 0. The number of fused-ring (bicyclic) bond motifs is 1. The van der Waals surface area contributed by atoms with Crippen molar-refractivity contribution in [1.29, 1.82) is 0 Å². The van der Waals surface area contributed by atoms with Crippen LogP contribution in [0.25, 0.3) is 0 Å². The van der Waals surface area contributed by atoms with Crippen LogP contribution in [0.3, 0.4) is 0 Å². The van der Waals surface area contributed by atoms with Gasteiger partial charge < -0.3 is 58.7 Å². The summed E-state index contributed by atoms with van der Waals surface area (Å²) in [4.78, 5) is 11.6. The highest BCUT2D eigenvalue weighted by Gasteiger charge is 2.55. The van der Waals surface area contributed by atoms with E-state index >= 15 is 0 Å². The van der Waals surface area contributed by atoms with Crippen LogP contribution in [0.2, 0.25) is 0 Å². The molecule has 7 rings (SSSR count). The summed E-state index contributed by atoms with van der Waals surface area (Å²) in [6, 6.07) is 0. The van der Waals surface area contributed by atoms with Crippen LogP contribution in [-0.2, 0) is 38.0 Å². The molecule has 0 aromatic heterocycles. The summed E-state index contributed by atoms with van der Waals surface area (Å²) in [5, 5.41) is 54.0. The average molecular weight is 805 g/mol. The first-order valence-electron chi connectivity index (χ1n) is 21.7. The Kier molecular flexibility index (Phi) is 12.9. The van der Waals surface area contributed by atoms with Gasteiger partial charge in [0, 0.05) is 37.5 Å². The Balaban J connectivity index is 0.916. The molecule has 0 aliphatic carbocycles. The molecule has 17 atom stereocenters. The molecule has 0 aromatic rings. The number of ether oxygens (including phenoxy) is 7. The second kappa shape index (κ2) is 17.0. The van der Waals surface area contributed by atoms with E-state index in [0.29, 0.717) is 56.4 Å². The standard InChI is InChI=1S/C44H68O13/c1-25-21-35(56-44(23-25)36(46)14-13-31(54-44)24-41(6,50)40(48)49)26(2)11-12-30-15-18-42(53-30)19-16-34-39(57-42)37(47)29(5)38(52-34)32(45)22-27(3)33-10-7-17-43(55-33)28(4)9-8-20-51-43/h11-12,23,26-28,30-39,45-47,50H,5,7-10,13-22,24H2,1-4,6H3,(H,48,49)/b12-11+/t26-,27+,28-,30+,31+,32+,33+,34-,35+,36-,37-,38+,39+,41-,42-,43-,44-/m1/s1. The third-order valence-corrected chi connectivity index (χ3v) is 14.1. The fraction of sp³-hybridized carbons (Fsp3) is 0.841. The number of aliphatic hydroxyl groups is 4. The van der Waals surface area contributed by atoms with Gasteiger partial charge in [-0.05, 0) is 95.6 Å². The topological polar surface area (TPSA) is 183 Å². The van der Waals surface area contributed by atoms with Crippen LogP contribution in [0.15, 0.2) is 36.0 Å². The molecule has 0 amide bonds. The predicted molar refractivity (Wildman–Crippen MR) is 208 cm³/mol. The van der Waals surface area contributed by atoms with Crippen molar-refractivity contribution >= 4 is 5.97 Å². The molecule has 0 unspecified atom stereocenters. The molecule has 0 bridgehead atoms. The molecule has 7 heterocycles. The van der Waals surface area contributed by atoms with Gasteiger partial charge in [0.15, 0.2) is 17.2 Å². The first kappa shape index (κ1) is 43.3. The van der Waals surface area contributed by atoms with Gasteiger partial charge in [-0.15, -0.1) is 0 Å². The summed E-state index contributed by atoms with van der Waals surface area (Å²) in [6.07, 6.45) is 9.41. The van der Waals surface area contributed by atoms with Gasteiger partial charge in [-0.1, -0.05) is 45.1 Å². The van der Waals surface area contributed by atoms with Crippen LogP contribution in [-0.4, -0.2) is 122 Å². The Labute approximate surface area is 337 Å².